The van der Waals surface area contributed by atoms with Gasteiger partial charge in [-0.05, 0) is 44.0 Å². The van der Waals surface area contributed by atoms with Crippen LogP contribution in [-0.4, -0.2) is 35.5 Å². The summed E-state index contributed by atoms with van der Waals surface area (Å²) in [5.74, 6) is 0.317. The van der Waals surface area contributed by atoms with E-state index in [1.54, 1.807) is 49.1 Å². The SMILES string of the molecule is Cc1nc2c(nc(C3CCO[C@@H](c4cnn(C)c4)C3)c(=O)n2-c2ccc(Cl)cc2)c(=O)n1C. The summed E-state index contributed by atoms with van der Waals surface area (Å²) in [5, 5.41) is 4.78. The molecule has 0 spiro atoms. The van der Waals surface area contributed by atoms with Crippen LogP contribution >= 0.6 is 11.6 Å². The molecule has 5 rings (SSSR count). The molecule has 2 atom stereocenters. The van der Waals surface area contributed by atoms with E-state index in [1.165, 1.54) is 9.13 Å². The van der Waals surface area contributed by atoms with Crippen LogP contribution in [0.25, 0.3) is 16.9 Å². The molecule has 1 aliphatic rings. The predicted molar refractivity (Wildman–Crippen MR) is 124 cm³/mol. The second-order valence-electron chi connectivity index (χ2n) is 8.34. The molecular formula is C23H23ClN6O3. The standard InChI is InChI=1S/C23H23ClN6O3/c1-13-26-21-20(22(31)29(13)3)27-19(23(32)30(21)17-6-4-16(24)5-7-17)14-8-9-33-18(10-14)15-11-25-28(2)12-15/h4-7,11-12,14,18H,8-10H2,1-3H3/t14?,18-/m1/s1. The molecule has 4 heterocycles. The highest BCUT2D eigenvalue weighted by atomic mass is 35.5. The van der Waals surface area contributed by atoms with Gasteiger partial charge >= 0.3 is 0 Å². The van der Waals surface area contributed by atoms with Gasteiger partial charge in [0.15, 0.2) is 11.2 Å². The van der Waals surface area contributed by atoms with Crippen LogP contribution in [0.15, 0.2) is 46.2 Å². The summed E-state index contributed by atoms with van der Waals surface area (Å²) in [6.45, 7) is 2.21. The number of aromatic nitrogens is 6. The molecule has 0 radical (unpaired) electrons. The van der Waals surface area contributed by atoms with Crippen molar-refractivity contribution in [3.05, 3.63) is 79.5 Å². The number of halogens is 1. The Morgan fingerprint density at radius 2 is 1.85 bits per heavy atom. The van der Waals surface area contributed by atoms with Gasteiger partial charge < -0.3 is 4.74 Å². The van der Waals surface area contributed by atoms with E-state index in [2.05, 4.69) is 15.1 Å². The van der Waals surface area contributed by atoms with Gasteiger partial charge in [-0.15, -0.1) is 0 Å². The average molecular weight is 467 g/mol. The first-order chi connectivity index (χ1) is 15.8. The molecule has 33 heavy (non-hydrogen) atoms. The van der Waals surface area contributed by atoms with Crippen LogP contribution in [0.3, 0.4) is 0 Å². The normalized spacial score (nSPS) is 18.7. The second-order valence-corrected chi connectivity index (χ2v) is 8.77. The van der Waals surface area contributed by atoms with Gasteiger partial charge in [-0.25, -0.2) is 9.97 Å². The molecule has 3 aromatic heterocycles. The molecule has 1 fully saturated rings. The number of rotatable bonds is 3. The molecule has 1 saturated heterocycles. The minimum absolute atomic E-state index is 0.164. The van der Waals surface area contributed by atoms with E-state index < -0.39 is 0 Å². The van der Waals surface area contributed by atoms with Crippen molar-refractivity contribution < 1.29 is 4.74 Å². The number of ether oxygens (including phenoxy) is 1. The number of benzene rings is 1. The van der Waals surface area contributed by atoms with E-state index in [9.17, 15) is 9.59 Å². The number of hydrogen-bond acceptors (Lipinski definition) is 6. The Hall–Kier alpha value is -3.30. The van der Waals surface area contributed by atoms with Crippen LogP contribution in [0, 0.1) is 6.92 Å². The van der Waals surface area contributed by atoms with Gasteiger partial charge in [0.25, 0.3) is 11.1 Å². The fraction of sp³-hybridized carbons (Fsp3) is 0.348. The van der Waals surface area contributed by atoms with Gasteiger partial charge in [0.1, 0.15) is 11.5 Å². The second kappa shape index (κ2) is 8.24. The van der Waals surface area contributed by atoms with Crippen LogP contribution in [0.4, 0.5) is 0 Å². The maximum atomic E-state index is 13.8. The number of fused-ring (bicyclic) bond motifs is 1. The lowest BCUT2D eigenvalue weighted by Gasteiger charge is -2.28. The van der Waals surface area contributed by atoms with Crippen molar-refractivity contribution in [3.8, 4) is 5.69 Å². The van der Waals surface area contributed by atoms with Gasteiger partial charge in [-0.1, -0.05) is 11.6 Å². The quantitative estimate of drug-likeness (QED) is 0.460. The van der Waals surface area contributed by atoms with Gasteiger partial charge in [-0.2, -0.15) is 5.10 Å². The molecule has 0 N–H and O–H groups in total. The molecule has 9 nitrogen and oxygen atoms in total. The zero-order chi connectivity index (χ0) is 23.3. The van der Waals surface area contributed by atoms with Gasteiger partial charge in [-0.3, -0.25) is 23.4 Å². The molecular weight excluding hydrogens is 444 g/mol. The summed E-state index contributed by atoms with van der Waals surface area (Å²) in [6.07, 6.45) is 4.69. The van der Waals surface area contributed by atoms with Crippen LogP contribution in [-0.2, 0) is 18.8 Å². The Bertz CT molecular complexity index is 1470. The number of nitrogens with zero attached hydrogens (tertiary/aromatic N) is 6. The Kier molecular flexibility index (Phi) is 5.38. The summed E-state index contributed by atoms with van der Waals surface area (Å²) in [5.41, 5.74) is 1.69. The summed E-state index contributed by atoms with van der Waals surface area (Å²) in [7, 11) is 3.50. The van der Waals surface area contributed by atoms with Crippen molar-refractivity contribution in [2.45, 2.75) is 31.8 Å². The average Bonchev–Trinajstić information content (AvgIpc) is 3.25. The van der Waals surface area contributed by atoms with Crippen molar-refractivity contribution in [1.82, 2.24) is 28.9 Å². The largest absolute Gasteiger partial charge is 0.373 e. The van der Waals surface area contributed by atoms with Gasteiger partial charge in [0.05, 0.1) is 18.0 Å². The molecule has 1 aromatic carbocycles. The molecule has 0 aliphatic carbocycles. The molecule has 1 aliphatic heterocycles. The predicted octanol–water partition coefficient (Wildman–Crippen LogP) is 2.81. The van der Waals surface area contributed by atoms with E-state index in [1.807, 2.05) is 13.2 Å². The first-order valence-corrected chi connectivity index (χ1v) is 11.1. The Morgan fingerprint density at radius 1 is 1.09 bits per heavy atom. The smallest absolute Gasteiger partial charge is 0.281 e. The minimum atomic E-state index is -0.294. The molecule has 0 bridgehead atoms. The molecule has 0 saturated carbocycles. The Morgan fingerprint density at radius 3 is 2.55 bits per heavy atom. The lowest BCUT2D eigenvalue weighted by Crippen LogP contribution is -2.33. The third-order valence-electron chi connectivity index (χ3n) is 6.19. The van der Waals surface area contributed by atoms with Crippen molar-refractivity contribution in [1.29, 1.82) is 0 Å². The third-order valence-corrected chi connectivity index (χ3v) is 6.44. The molecule has 1 unspecified atom stereocenters. The Balaban J connectivity index is 1.71. The zero-order valence-electron chi connectivity index (χ0n) is 18.5. The van der Waals surface area contributed by atoms with E-state index in [0.29, 0.717) is 41.7 Å². The summed E-state index contributed by atoms with van der Waals surface area (Å²) in [4.78, 5) is 36.0. The fourth-order valence-electron chi connectivity index (χ4n) is 4.29. The van der Waals surface area contributed by atoms with Crippen LogP contribution < -0.4 is 11.1 Å². The van der Waals surface area contributed by atoms with E-state index in [0.717, 1.165) is 5.56 Å². The van der Waals surface area contributed by atoms with E-state index >= 15 is 0 Å². The molecule has 10 heteroatoms. The molecule has 4 aromatic rings. The molecule has 170 valence electrons. The minimum Gasteiger partial charge on any atom is -0.373 e. The monoisotopic (exact) mass is 466 g/mol. The first-order valence-electron chi connectivity index (χ1n) is 10.7. The third kappa shape index (κ3) is 3.77. The summed E-state index contributed by atoms with van der Waals surface area (Å²) >= 11 is 6.07. The van der Waals surface area contributed by atoms with Crippen molar-refractivity contribution in [2.75, 3.05) is 6.61 Å². The summed E-state index contributed by atoms with van der Waals surface area (Å²) in [6, 6.07) is 6.89. The summed E-state index contributed by atoms with van der Waals surface area (Å²) < 4.78 is 10.6. The highest BCUT2D eigenvalue weighted by Crippen LogP contribution is 2.36. The maximum absolute atomic E-state index is 13.8. The van der Waals surface area contributed by atoms with E-state index in [4.69, 9.17) is 16.3 Å². The highest BCUT2D eigenvalue weighted by molar-refractivity contribution is 6.30. The molecule has 0 amide bonds. The van der Waals surface area contributed by atoms with Crippen molar-refractivity contribution >= 4 is 22.8 Å². The first kappa shape index (κ1) is 21.5. The zero-order valence-corrected chi connectivity index (χ0v) is 19.3. The van der Waals surface area contributed by atoms with E-state index in [-0.39, 0.29) is 34.3 Å². The van der Waals surface area contributed by atoms with Crippen molar-refractivity contribution in [2.24, 2.45) is 14.1 Å². The fourth-order valence-corrected chi connectivity index (χ4v) is 4.42. The van der Waals surface area contributed by atoms with Crippen LogP contribution in [0.1, 0.15) is 41.9 Å². The maximum Gasteiger partial charge on any atom is 0.281 e. The lowest BCUT2D eigenvalue weighted by molar-refractivity contribution is 0.00440. The number of hydrogen-bond donors (Lipinski definition) is 0. The van der Waals surface area contributed by atoms with Gasteiger partial charge in [0, 0.05) is 43.4 Å². The lowest BCUT2D eigenvalue weighted by atomic mass is 9.90. The van der Waals surface area contributed by atoms with Gasteiger partial charge in [0.2, 0.25) is 0 Å². The Labute approximate surface area is 194 Å². The van der Waals surface area contributed by atoms with Crippen molar-refractivity contribution in [3.63, 3.8) is 0 Å². The number of aryl methyl sites for hydroxylation is 2. The van der Waals surface area contributed by atoms with Crippen LogP contribution in [0.5, 0.6) is 0 Å². The van der Waals surface area contributed by atoms with Crippen LogP contribution in [0.2, 0.25) is 5.02 Å². The highest BCUT2D eigenvalue weighted by Gasteiger charge is 2.30. The topological polar surface area (TPSA) is 96.8 Å².